The number of anilines is 1. The summed E-state index contributed by atoms with van der Waals surface area (Å²) in [6.07, 6.45) is 0.913. The minimum Gasteiger partial charge on any atom is -0.398 e. The van der Waals surface area contributed by atoms with E-state index in [9.17, 15) is 4.79 Å². The summed E-state index contributed by atoms with van der Waals surface area (Å²) in [6.45, 7) is 8.08. The number of thioether (sulfide) groups is 1. The molecule has 0 aromatic heterocycles. The van der Waals surface area contributed by atoms with E-state index < -0.39 is 0 Å². The topological polar surface area (TPSA) is 55.1 Å². The maximum absolute atomic E-state index is 11.8. The third kappa shape index (κ3) is 4.26. The van der Waals surface area contributed by atoms with Crippen molar-refractivity contribution in [1.29, 1.82) is 0 Å². The van der Waals surface area contributed by atoms with Gasteiger partial charge in [-0.15, -0.1) is 11.8 Å². The van der Waals surface area contributed by atoms with Gasteiger partial charge in [0.2, 0.25) is 5.91 Å². The zero-order chi connectivity index (χ0) is 13.8. The standard InChI is InChI=1S/C14H22N2OS/c1-5-14(3,4)16-12(17)9-18-11-8-6-7-10(2)13(11)15/h6-8H,5,9,15H2,1-4H3,(H,16,17). The zero-order valence-corrected chi connectivity index (χ0v) is 12.4. The number of hydrogen-bond donors (Lipinski definition) is 2. The van der Waals surface area contributed by atoms with Crippen LogP contribution in [0.5, 0.6) is 0 Å². The number of nitrogens with one attached hydrogen (secondary N) is 1. The molecule has 4 heteroatoms. The highest BCUT2D eigenvalue weighted by Crippen LogP contribution is 2.27. The third-order valence-corrected chi connectivity index (χ3v) is 4.08. The van der Waals surface area contributed by atoms with Gasteiger partial charge in [-0.3, -0.25) is 4.79 Å². The summed E-state index contributed by atoms with van der Waals surface area (Å²) >= 11 is 1.48. The minimum absolute atomic E-state index is 0.0488. The van der Waals surface area contributed by atoms with Crippen LogP contribution in [0.2, 0.25) is 0 Å². The van der Waals surface area contributed by atoms with E-state index in [1.807, 2.05) is 39.0 Å². The van der Waals surface area contributed by atoms with Crippen molar-refractivity contribution >= 4 is 23.4 Å². The van der Waals surface area contributed by atoms with Crippen LogP contribution in [-0.2, 0) is 4.79 Å². The van der Waals surface area contributed by atoms with E-state index in [0.29, 0.717) is 5.75 Å². The van der Waals surface area contributed by atoms with Crippen LogP contribution in [0.4, 0.5) is 5.69 Å². The molecule has 3 nitrogen and oxygen atoms in total. The van der Waals surface area contributed by atoms with Crippen molar-refractivity contribution in [2.45, 2.75) is 44.6 Å². The average Bonchev–Trinajstić information content (AvgIpc) is 2.30. The molecule has 0 unspecified atom stereocenters. The molecule has 0 spiro atoms. The van der Waals surface area contributed by atoms with Crippen LogP contribution < -0.4 is 11.1 Å². The Kier molecular flexibility index (Phi) is 5.08. The Bertz CT molecular complexity index is 430. The minimum atomic E-state index is -0.143. The van der Waals surface area contributed by atoms with Crippen molar-refractivity contribution in [2.75, 3.05) is 11.5 Å². The molecule has 0 radical (unpaired) electrons. The fourth-order valence-corrected chi connectivity index (χ4v) is 2.27. The van der Waals surface area contributed by atoms with Crippen LogP contribution in [0.15, 0.2) is 23.1 Å². The van der Waals surface area contributed by atoms with E-state index in [-0.39, 0.29) is 11.4 Å². The van der Waals surface area contributed by atoms with Crippen molar-refractivity contribution in [3.05, 3.63) is 23.8 Å². The van der Waals surface area contributed by atoms with Crippen molar-refractivity contribution in [3.63, 3.8) is 0 Å². The van der Waals surface area contributed by atoms with E-state index in [2.05, 4.69) is 12.2 Å². The summed E-state index contributed by atoms with van der Waals surface area (Å²) < 4.78 is 0. The van der Waals surface area contributed by atoms with Gasteiger partial charge in [-0.2, -0.15) is 0 Å². The lowest BCUT2D eigenvalue weighted by molar-refractivity contribution is -0.120. The predicted octanol–water partition coefficient (Wildman–Crippen LogP) is 2.97. The summed E-state index contributed by atoms with van der Waals surface area (Å²) in [5.74, 6) is 0.449. The molecule has 1 amide bonds. The largest absolute Gasteiger partial charge is 0.398 e. The molecule has 18 heavy (non-hydrogen) atoms. The molecule has 0 saturated carbocycles. The molecule has 0 fully saturated rings. The SMILES string of the molecule is CCC(C)(C)NC(=O)CSc1cccc(C)c1N. The molecule has 3 N–H and O–H groups in total. The number of para-hydroxylation sites is 1. The number of nitrogens with two attached hydrogens (primary N) is 1. The highest BCUT2D eigenvalue weighted by atomic mass is 32.2. The van der Waals surface area contributed by atoms with E-state index in [0.717, 1.165) is 22.6 Å². The molecule has 0 saturated heterocycles. The lowest BCUT2D eigenvalue weighted by atomic mass is 10.0. The monoisotopic (exact) mass is 266 g/mol. The number of nitrogen functional groups attached to an aromatic ring is 1. The van der Waals surface area contributed by atoms with Gasteiger partial charge in [0.25, 0.3) is 0 Å². The van der Waals surface area contributed by atoms with Gasteiger partial charge in [0, 0.05) is 16.1 Å². The molecular formula is C14H22N2OS. The van der Waals surface area contributed by atoms with Crippen LogP contribution in [-0.4, -0.2) is 17.2 Å². The fourth-order valence-electron chi connectivity index (χ4n) is 1.42. The molecule has 0 heterocycles. The quantitative estimate of drug-likeness (QED) is 0.636. The van der Waals surface area contributed by atoms with E-state index in [1.54, 1.807) is 0 Å². The Morgan fingerprint density at radius 3 is 2.72 bits per heavy atom. The third-order valence-electron chi connectivity index (χ3n) is 3.00. The molecule has 100 valence electrons. The van der Waals surface area contributed by atoms with Gasteiger partial charge >= 0.3 is 0 Å². The highest BCUT2D eigenvalue weighted by molar-refractivity contribution is 8.00. The summed E-state index contributed by atoms with van der Waals surface area (Å²) in [6, 6.07) is 5.88. The molecule has 0 aliphatic rings. The molecule has 1 aromatic rings. The number of aryl methyl sites for hydroxylation is 1. The summed E-state index contributed by atoms with van der Waals surface area (Å²) in [5, 5.41) is 3.01. The van der Waals surface area contributed by atoms with Gasteiger partial charge < -0.3 is 11.1 Å². The van der Waals surface area contributed by atoms with Crippen molar-refractivity contribution in [3.8, 4) is 0 Å². The van der Waals surface area contributed by atoms with Crippen molar-refractivity contribution in [2.24, 2.45) is 0 Å². The smallest absolute Gasteiger partial charge is 0.230 e. The van der Waals surface area contributed by atoms with Gasteiger partial charge in [0.15, 0.2) is 0 Å². The summed E-state index contributed by atoms with van der Waals surface area (Å²) in [4.78, 5) is 12.8. The summed E-state index contributed by atoms with van der Waals surface area (Å²) in [5.41, 5.74) is 7.65. The first-order valence-corrected chi connectivity index (χ1v) is 7.13. The first-order valence-electron chi connectivity index (χ1n) is 6.14. The molecule has 0 bridgehead atoms. The van der Waals surface area contributed by atoms with Crippen molar-refractivity contribution in [1.82, 2.24) is 5.32 Å². The zero-order valence-electron chi connectivity index (χ0n) is 11.5. The Labute approximate surface area is 114 Å². The highest BCUT2D eigenvalue weighted by Gasteiger charge is 2.17. The second-order valence-corrected chi connectivity index (χ2v) is 6.08. The van der Waals surface area contributed by atoms with Gasteiger partial charge in [-0.1, -0.05) is 19.1 Å². The van der Waals surface area contributed by atoms with Gasteiger partial charge in [0.1, 0.15) is 0 Å². The molecule has 1 aromatic carbocycles. The molecule has 1 rings (SSSR count). The molecule has 0 atom stereocenters. The maximum Gasteiger partial charge on any atom is 0.230 e. The van der Waals surface area contributed by atoms with E-state index in [4.69, 9.17) is 5.73 Å². The van der Waals surface area contributed by atoms with Crippen LogP contribution in [0, 0.1) is 6.92 Å². The summed E-state index contributed by atoms with van der Waals surface area (Å²) in [7, 11) is 0. The number of rotatable bonds is 5. The number of benzene rings is 1. The maximum atomic E-state index is 11.8. The van der Waals surface area contributed by atoms with Crippen LogP contribution in [0.25, 0.3) is 0 Å². The van der Waals surface area contributed by atoms with Crippen molar-refractivity contribution < 1.29 is 4.79 Å². The fraction of sp³-hybridized carbons (Fsp3) is 0.500. The number of carbonyl (C=O) groups is 1. The Hall–Kier alpha value is -1.16. The molecule has 0 aliphatic carbocycles. The van der Waals surface area contributed by atoms with Gasteiger partial charge in [0.05, 0.1) is 5.75 Å². The molecular weight excluding hydrogens is 244 g/mol. The second-order valence-electron chi connectivity index (χ2n) is 5.06. The predicted molar refractivity (Wildman–Crippen MR) is 78.8 cm³/mol. The second kappa shape index (κ2) is 6.14. The van der Waals surface area contributed by atoms with Crippen LogP contribution in [0.3, 0.4) is 0 Å². The lowest BCUT2D eigenvalue weighted by Crippen LogP contribution is -2.43. The van der Waals surface area contributed by atoms with E-state index in [1.165, 1.54) is 11.8 Å². The number of amides is 1. The first kappa shape index (κ1) is 14.9. The van der Waals surface area contributed by atoms with Crippen LogP contribution in [0.1, 0.15) is 32.8 Å². The number of hydrogen-bond acceptors (Lipinski definition) is 3. The van der Waals surface area contributed by atoms with Gasteiger partial charge in [-0.05, 0) is 38.8 Å². The first-order chi connectivity index (χ1) is 8.35. The Balaban J connectivity index is 2.56. The average molecular weight is 266 g/mol. The van der Waals surface area contributed by atoms with Gasteiger partial charge in [-0.25, -0.2) is 0 Å². The Morgan fingerprint density at radius 2 is 2.11 bits per heavy atom. The molecule has 0 aliphatic heterocycles. The van der Waals surface area contributed by atoms with Crippen LogP contribution >= 0.6 is 11.8 Å². The lowest BCUT2D eigenvalue weighted by Gasteiger charge is -2.24. The van der Waals surface area contributed by atoms with E-state index >= 15 is 0 Å². The number of carbonyl (C=O) groups excluding carboxylic acids is 1. The Morgan fingerprint density at radius 1 is 1.44 bits per heavy atom. The normalized spacial score (nSPS) is 11.3.